The first kappa shape index (κ1) is 12.2. The van der Waals surface area contributed by atoms with E-state index in [1.807, 2.05) is 43.1 Å². The van der Waals surface area contributed by atoms with Crippen LogP contribution in [0.1, 0.15) is 5.56 Å². The first-order chi connectivity index (χ1) is 9.13. The molecule has 0 fully saturated rings. The van der Waals surface area contributed by atoms with E-state index in [2.05, 4.69) is 37.3 Å². The minimum atomic E-state index is 0.860. The second kappa shape index (κ2) is 4.66. The second-order valence-electron chi connectivity index (χ2n) is 4.50. The van der Waals surface area contributed by atoms with Gasteiger partial charge in [-0.25, -0.2) is 9.97 Å². The van der Waals surface area contributed by atoms with Crippen LogP contribution in [-0.4, -0.2) is 14.5 Å². The topological polar surface area (TPSA) is 42.7 Å². The lowest BCUT2D eigenvalue weighted by molar-refractivity contribution is 0.948. The van der Waals surface area contributed by atoms with Crippen LogP contribution in [0.15, 0.2) is 41.3 Å². The summed E-state index contributed by atoms with van der Waals surface area (Å²) >= 11 is 3.41. The Morgan fingerprint density at radius 3 is 2.84 bits per heavy atom. The van der Waals surface area contributed by atoms with Crippen LogP contribution in [0.3, 0.4) is 0 Å². The molecule has 1 aromatic carbocycles. The molecule has 0 unspecified atom stereocenters. The van der Waals surface area contributed by atoms with E-state index in [-0.39, 0.29) is 0 Å². The highest BCUT2D eigenvalue weighted by Gasteiger charge is 2.04. The first-order valence-electron chi connectivity index (χ1n) is 5.94. The van der Waals surface area contributed by atoms with Gasteiger partial charge in [0.15, 0.2) is 0 Å². The van der Waals surface area contributed by atoms with Crippen LogP contribution >= 0.6 is 15.9 Å². The molecule has 0 amide bonds. The zero-order valence-corrected chi connectivity index (χ0v) is 12.3. The maximum Gasteiger partial charge on any atom is 0.133 e. The second-order valence-corrected chi connectivity index (χ2v) is 5.42. The molecular formula is C14H13BrN4. The number of anilines is 2. The Morgan fingerprint density at radius 1 is 1.21 bits per heavy atom. The van der Waals surface area contributed by atoms with Gasteiger partial charge < -0.3 is 9.88 Å². The van der Waals surface area contributed by atoms with Crippen molar-refractivity contribution in [2.24, 2.45) is 7.05 Å². The number of rotatable bonds is 2. The Kier molecular flexibility index (Phi) is 2.98. The molecule has 0 bridgehead atoms. The van der Waals surface area contributed by atoms with Crippen LogP contribution in [0, 0.1) is 6.92 Å². The number of aromatic nitrogens is 3. The van der Waals surface area contributed by atoms with Crippen molar-refractivity contribution in [3.05, 3.63) is 46.8 Å². The van der Waals surface area contributed by atoms with E-state index < -0.39 is 0 Å². The van der Waals surface area contributed by atoms with Crippen molar-refractivity contribution in [3.8, 4) is 0 Å². The molecule has 0 saturated heterocycles. The van der Waals surface area contributed by atoms with Crippen LogP contribution in [0.4, 0.5) is 11.5 Å². The lowest BCUT2D eigenvalue weighted by Gasteiger charge is -2.08. The summed E-state index contributed by atoms with van der Waals surface area (Å²) in [5.74, 6) is 0.860. The Hall–Kier alpha value is -1.88. The third-order valence-corrected chi connectivity index (χ3v) is 3.47. The molecule has 2 aromatic heterocycles. The van der Waals surface area contributed by atoms with Crippen LogP contribution in [-0.2, 0) is 7.05 Å². The molecule has 3 rings (SSSR count). The van der Waals surface area contributed by atoms with E-state index in [4.69, 9.17) is 0 Å². The Labute approximate surface area is 119 Å². The lowest BCUT2D eigenvalue weighted by atomic mass is 10.2. The highest BCUT2D eigenvalue weighted by molar-refractivity contribution is 9.10. The van der Waals surface area contributed by atoms with Crippen LogP contribution < -0.4 is 5.32 Å². The van der Waals surface area contributed by atoms with Gasteiger partial charge in [-0.2, -0.15) is 0 Å². The molecule has 0 atom stereocenters. The molecule has 2 heterocycles. The number of hydrogen-bond donors (Lipinski definition) is 1. The Morgan fingerprint density at radius 2 is 2.05 bits per heavy atom. The summed E-state index contributed by atoms with van der Waals surface area (Å²) in [6.45, 7) is 2.03. The molecule has 0 aliphatic carbocycles. The summed E-state index contributed by atoms with van der Waals surface area (Å²) in [5, 5.41) is 3.32. The quantitative estimate of drug-likeness (QED) is 0.782. The zero-order chi connectivity index (χ0) is 13.4. The Balaban J connectivity index is 1.96. The van der Waals surface area contributed by atoms with E-state index in [0.29, 0.717) is 0 Å². The van der Waals surface area contributed by atoms with Gasteiger partial charge in [-0.1, -0.05) is 0 Å². The van der Waals surface area contributed by atoms with Crippen molar-refractivity contribution >= 4 is 38.5 Å². The summed E-state index contributed by atoms with van der Waals surface area (Å²) in [5.41, 5.74) is 4.17. The monoisotopic (exact) mass is 316 g/mol. The van der Waals surface area contributed by atoms with Gasteiger partial charge >= 0.3 is 0 Å². The third kappa shape index (κ3) is 2.33. The molecule has 0 aliphatic heterocycles. The fourth-order valence-corrected chi connectivity index (χ4v) is 2.47. The van der Waals surface area contributed by atoms with Crippen LogP contribution in [0.5, 0.6) is 0 Å². The number of aryl methyl sites for hydroxylation is 2. The van der Waals surface area contributed by atoms with Crippen molar-refractivity contribution in [2.45, 2.75) is 6.92 Å². The van der Waals surface area contributed by atoms with E-state index in [9.17, 15) is 0 Å². The van der Waals surface area contributed by atoms with E-state index in [1.54, 1.807) is 6.20 Å². The van der Waals surface area contributed by atoms with Gasteiger partial charge in [-0.05, 0) is 52.7 Å². The van der Waals surface area contributed by atoms with E-state index >= 15 is 0 Å². The molecule has 1 N–H and O–H groups in total. The Bertz CT molecular complexity index is 748. The van der Waals surface area contributed by atoms with Gasteiger partial charge in [-0.15, -0.1) is 0 Å². The summed E-state index contributed by atoms with van der Waals surface area (Å²) in [4.78, 5) is 8.73. The molecule has 0 saturated carbocycles. The van der Waals surface area contributed by atoms with E-state index in [0.717, 1.165) is 32.6 Å². The minimum absolute atomic E-state index is 0.860. The van der Waals surface area contributed by atoms with Gasteiger partial charge in [0.2, 0.25) is 0 Å². The smallest absolute Gasteiger partial charge is 0.133 e. The maximum absolute atomic E-state index is 4.37. The highest BCUT2D eigenvalue weighted by atomic mass is 79.9. The maximum atomic E-state index is 4.37. The molecule has 3 aromatic rings. The molecule has 0 radical (unpaired) electrons. The summed E-state index contributed by atoms with van der Waals surface area (Å²) in [6.07, 6.45) is 3.60. The zero-order valence-electron chi connectivity index (χ0n) is 10.7. The van der Waals surface area contributed by atoms with Crippen molar-refractivity contribution in [2.75, 3.05) is 5.32 Å². The van der Waals surface area contributed by atoms with Gasteiger partial charge in [0.1, 0.15) is 5.82 Å². The minimum Gasteiger partial charge on any atom is -0.340 e. The number of fused-ring (bicyclic) bond motifs is 1. The van der Waals surface area contributed by atoms with Crippen molar-refractivity contribution in [3.63, 3.8) is 0 Å². The number of halogens is 1. The average molecular weight is 317 g/mol. The molecular weight excluding hydrogens is 304 g/mol. The van der Waals surface area contributed by atoms with Crippen molar-refractivity contribution in [1.82, 2.24) is 14.5 Å². The number of hydrogen-bond acceptors (Lipinski definition) is 3. The van der Waals surface area contributed by atoms with Crippen LogP contribution in [0.25, 0.3) is 11.0 Å². The van der Waals surface area contributed by atoms with Gasteiger partial charge in [0, 0.05) is 23.4 Å². The number of imidazole rings is 1. The molecule has 0 spiro atoms. The summed E-state index contributed by atoms with van der Waals surface area (Å²) < 4.78 is 2.98. The fraction of sp³-hybridized carbons (Fsp3) is 0.143. The van der Waals surface area contributed by atoms with Gasteiger partial charge in [0.05, 0.1) is 17.4 Å². The molecule has 19 heavy (non-hydrogen) atoms. The standard InChI is InChI=1S/C14H13BrN4/c1-9-5-10(15)7-16-14(9)18-11-3-4-13-12(6-11)17-8-19(13)2/h3-8H,1-2H3,(H,16,18). The first-order valence-corrected chi connectivity index (χ1v) is 6.73. The highest BCUT2D eigenvalue weighted by Crippen LogP contribution is 2.23. The summed E-state index contributed by atoms with van der Waals surface area (Å²) in [7, 11) is 1.99. The van der Waals surface area contributed by atoms with Crippen molar-refractivity contribution < 1.29 is 0 Å². The molecule has 96 valence electrons. The summed E-state index contributed by atoms with van der Waals surface area (Å²) in [6, 6.07) is 8.15. The number of benzene rings is 1. The predicted molar refractivity (Wildman–Crippen MR) is 80.7 cm³/mol. The normalized spacial score (nSPS) is 10.9. The fourth-order valence-electron chi connectivity index (χ4n) is 2.02. The van der Waals surface area contributed by atoms with Crippen molar-refractivity contribution in [1.29, 1.82) is 0 Å². The number of nitrogens with one attached hydrogen (secondary N) is 1. The lowest BCUT2D eigenvalue weighted by Crippen LogP contribution is -1.96. The molecule has 5 heteroatoms. The predicted octanol–water partition coefficient (Wildman–Crippen LogP) is 3.78. The number of nitrogens with zero attached hydrogens (tertiary/aromatic N) is 3. The number of pyridine rings is 1. The largest absolute Gasteiger partial charge is 0.340 e. The molecule has 0 aliphatic rings. The van der Waals surface area contributed by atoms with E-state index in [1.165, 1.54) is 0 Å². The molecule has 4 nitrogen and oxygen atoms in total. The van der Waals surface area contributed by atoms with Gasteiger partial charge in [-0.3, -0.25) is 0 Å². The van der Waals surface area contributed by atoms with Crippen LogP contribution in [0.2, 0.25) is 0 Å². The average Bonchev–Trinajstić information content (AvgIpc) is 2.74. The SMILES string of the molecule is Cc1cc(Br)cnc1Nc1ccc2c(c1)ncn2C. The third-order valence-electron chi connectivity index (χ3n) is 3.03. The van der Waals surface area contributed by atoms with Gasteiger partial charge in [0.25, 0.3) is 0 Å².